The van der Waals surface area contributed by atoms with Gasteiger partial charge in [-0.2, -0.15) is 10.2 Å². The van der Waals surface area contributed by atoms with E-state index in [-0.39, 0.29) is 11.3 Å². The van der Waals surface area contributed by atoms with Crippen LogP contribution in [0, 0.1) is 29.4 Å². The maximum absolute atomic E-state index is 13.7. The van der Waals surface area contributed by atoms with E-state index in [1.807, 2.05) is 18.2 Å². The third-order valence-corrected chi connectivity index (χ3v) is 7.30. The van der Waals surface area contributed by atoms with Crippen molar-refractivity contribution in [3.05, 3.63) is 65.4 Å². The number of fused-ring (bicyclic) bond motifs is 1. The fraction of sp³-hybridized carbons (Fsp3) is 0.375. The zero-order valence-electron chi connectivity index (χ0n) is 17.2. The average Bonchev–Trinajstić information content (AvgIpc) is 3.28. The molecule has 0 saturated heterocycles. The quantitative estimate of drug-likeness (QED) is 0.612. The number of hydrazone groups is 1. The van der Waals surface area contributed by atoms with Crippen LogP contribution in [0.2, 0.25) is 0 Å². The predicted molar refractivity (Wildman–Crippen MR) is 112 cm³/mol. The molecule has 7 heteroatoms. The molecule has 5 nitrogen and oxygen atoms in total. The molecular weight excluding hydrogens is 398 g/mol. The van der Waals surface area contributed by atoms with Crippen LogP contribution >= 0.6 is 0 Å². The summed E-state index contributed by atoms with van der Waals surface area (Å²) >= 11 is 0. The average molecular weight is 420 g/mol. The summed E-state index contributed by atoms with van der Waals surface area (Å²) in [5.41, 5.74) is 2.30. The minimum Gasteiger partial charge on any atom is -0.272 e. The number of hydrogen-bond acceptors (Lipinski definition) is 3. The lowest BCUT2D eigenvalue weighted by molar-refractivity contribution is -0.223. The maximum atomic E-state index is 13.7. The second-order valence-electron chi connectivity index (χ2n) is 9.47. The van der Waals surface area contributed by atoms with Crippen LogP contribution in [0.4, 0.5) is 8.78 Å². The van der Waals surface area contributed by atoms with Gasteiger partial charge < -0.3 is 0 Å². The van der Waals surface area contributed by atoms with E-state index in [0.717, 1.165) is 48.5 Å². The molecule has 158 valence electrons. The van der Waals surface area contributed by atoms with E-state index in [4.69, 9.17) is 5.10 Å². The van der Waals surface area contributed by atoms with Gasteiger partial charge in [0.25, 0.3) is 0 Å². The van der Waals surface area contributed by atoms with Crippen molar-refractivity contribution >= 4 is 23.0 Å². The summed E-state index contributed by atoms with van der Waals surface area (Å²) in [6, 6.07) is 11.1. The zero-order valence-corrected chi connectivity index (χ0v) is 17.2. The Morgan fingerprint density at radius 3 is 2.55 bits per heavy atom. The lowest BCUT2D eigenvalue weighted by Crippen LogP contribution is -2.68. The van der Waals surface area contributed by atoms with Crippen LogP contribution in [0.3, 0.4) is 0 Å². The highest BCUT2D eigenvalue weighted by Gasteiger charge is 2.72. The summed E-state index contributed by atoms with van der Waals surface area (Å²) in [6.45, 7) is 2.90. The molecule has 1 aromatic heterocycles. The zero-order chi connectivity index (χ0) is 21.4. The van der Waals surface area contributed by atoms with E-state index in [1.165, 1.54) is 17.1 Å². The molecule has 3 fully saturated rings. The topological polar surface area (TPSA) is 50.5 Å². The Morgan fingerprint density at radius 2 is 1.84 bits per heavy atom. The molecule has 4 aliphatic rings. The van der Waals surface area contributed by atoms with Crippen molar-refractivity contribution in [2.24, 2.45) is 15.9 Å². The predicted octanol–water partition coefficient (Wildman–Crippen LogP) is 4.75. The maximum Gasteiger partial charge on any atom is 0.249 e. The Kier molecular flexibility index (Phi) is 3.74. The molecule has 2 heterocycles. The standard InChI is InChI=1S/C24H22F2N4O/c1-15-19-4-2-3-5-20(19)28-29(15)14-23-11-24(12-23,13-23)22(31)30-21(6-7-27-30)16-8-17(25)10-18(26)9-16/h2-5,7-10,21H,6,11-14H2,1H3. The lowest BCUT2D eigenvalue weighted by Gasteiger charge is -2.69. The normalized spacial score (nSPS) is 28.6. The van der Waals surface area contributed by atoms with E-state index in [1.54, 1.807) is 6.21 Å². The van der Waals surface area contributed by atoms with Crippen LogP contribution < -0.4 is 0 Å². The summed E-state index contributed by atoms with van der Waals surface area (Å²) in [6.07, 6.45) is 4.56. The molecule has 3 aromatic rings. The Hall–Kier alpha value is -3.09. The number of benzene rings is 2. The molecule has 31 heavy (non-hydrogen) atoms. The van der Waals surface area contributed by atoms with E-state index >= 15 is 0 Å². The first-order chi connectivity index (χ1) is 14.9. The van der Waals surface area contributed by atoms with Gasteiger partial charge in [0.2, 0.25) is 5.91 Å². The number of aromatic nitrogens is 2. The molecule has 7 rings (SSSR count). The SMILES string of the molecule is Cc1c2ccccc2nn1CC12CC(C(=O)N3N=CCC3c3cc(F)cc(F)c3)(C1)C2. The van der Waals surface area contributed by atoms with E-state index < -0.39 is 23.1 Å². The third kappa shape index (κ3) is 2.68. The number of hydrogen-bond donors (Lipinski definition) is 0. The summed E-state index contributed by atoms with van der Waals surface area (Å²) in [5.74, 6) is -1.30. The van der Waals surface area contributed by atoms with Crippen LogP contribution in [-0.4, -0.2) is 26.9 Å². The van der Waals surface area contributed by atoms with E-state index in [2.05, 4.69) is 22.8 Å². The number of rotatable bonds is 4. The molecule has 2 bridgehead atoms. The summed E-state index contributed by atoms with van der Waals surface area (Å²) < 4.78 is 29.5. The van der Waals surface area contributed by atoms with Crippen molar-refractivity contribution in [1.29, 1.82) is 0 Å². The smallest absolute Gasteiger partial charge is 0.249 e. The third-order valence-electron chi connectivity index (χ3n) is 7.30. The molecular formula is C24H22F2N4O. The van der Waals surface area contributed by atoms with Crippen molar-refractivity contribution < 1.29 is 13.6 Å². The van der Waals surface area contributed by atoms with Crippen molar-refractivity contribution in [1.82, 2.24) is 14.8 Å². The Balaban J connectivity index is 1.18. The highest BCUT2D eigenvalue weighted by Crippen LogP contribution is 2.74. The first-order valence-electron chi connectivity index (χ1n) is 10.6. The Labute approximate surface area is 178 Å². The second-order valence-corrected chi connectivity index (χ2v) is 9.47. The molecule has 3 aliphatic carbocycles. The van der Waals surface area contributed by atoms with Gasteiger partial charge in [0, 0.05) is 36.3 Å². The highest BCUT2D eigenvalue weighted by molar-refractivity contribution is 5.88. The monoisotopic (exact) mass is 420 g/mol. The molecule has 2 aromatic carbocycles. The largest absolute Gasteiger partial charge is 0.272 e. The van der Waals surface area contributed by atoms with Crippen LogP contribution in [0.25, 0.3) is 10.9 Å². The van der Waals surface area contributed by atoms with E-state index in [0.29, 0.717) is 12.0 Å². The van der Waals surface area contributed by atoms with E-state index in [9.17, 15) is 13.6 Å². The minimum atomic E-state index is -0.638. The summed E-state index contributed by atoms with van der Waals surface area (Å²) in [7, 11) is 0. The number of aryl methyl sites for hydroxylation is 1. The van der Waals surface area contributed by atoms with Gasteiger partial charge in [-0.25, -0.2) is 13.8 Å². The molecule has 1 aliphatic heterocycles. The van der Waals surface area contributed by atoms with Crippen molar-refractivity contribution in [3.63, 3.8) is 0 Å². The minimum absolute atomic E-state index is 0.0276. The fourth-order valence-electron chi connectivity index (χ4n) is 5.97. The van der Waals surface area contributed by atoms with Crippen LogP contribution in [0.5, 0.6) is 0 Å². The van der Waals surface area contributed by atoms with Crippen LogP contribution in [-0.2, 0) is 11.3 Å². The summed E-state index contributed by atoms with van der Waals surface area (Å²) in [4.78, 5) is 13.3. The number of halogens is 2. The van der Waals surface area contributed by atoms with Crippen molar-refractivity contribution in [2.45, 2.75) is 45.2 Å². The molecule has 1 amide bonds. The van der Waals surface area contributed by atoms with Gasteiger partial charge in [0.15, 0.2) is 0 Å². The van der Waals surface area contributed by atoms with Gasteiger partial charge in [-0.3, -0.25) is 9.48 Å². The van der Waals surface area contributed by atoms with Crippen LogP contribution in [0.1, 0.15) is 43.0 Å². The number of amides is 1. The Morgan fingerprint density at radius 1 is 1.13 bits per heavy atom. The van der Waals surface area contributed by atoms with Crippen molar-refractivity contribution in [3.8, 4) is 0 Å². The highest BCUT2D eigenvalue weighted by atomic mass is 19.1. The first kappa shape index (κ1) is 18.7. The summed E-state index contributed by atoms with van der Waals surface area (Å²) in [5, 5.41) is 11.6. The lowest BCUT2D eigenvalue weighted by atomic mass is 9.34. The molecule has 0 spiro atoms. The second kappa shape index (κ2) is 6.22. The van der Waals surface area contributed by atoms with Gasteiger partial charge in [-0.05, 0) is 55.4 Å². The molecule has 0 N–H and O–H groups in total. The van der Waals surface area contributed by atoms with Crippen LogP contribution in [0.15, 0.2) is 47.6 Å². The number of carbonyl (C=O) groups is 1. The molecule has 0 radical (unpaired) electrons. The van der Waals surface area contributed by atoms with Gasteiger partial charge in [-0.1, -0.05) is 18.2 Å². The first-order valence-corrected chi connectivity index (χ1v) is 10.6. The van der Waals surface area contributed by atoms with Crippen molar-refractivity contribution in [2.75, 3.05) is 0 Å². The van der Waals surface area contributed by atoms with Gasteiger partial charge in [-0.15, -0.1) is 0 Å². The van der Waals surface area contributed by atoms with Gasteiger partial charge >= 0.3 is 0 Å². The number of carbonyl (C=O) groups excluding carboxylic acids is 1. The van der Waals surface area contributed by atoms with Gasteiger partial charge in [0.05, 0.1) is 17.0 Å². The number of nitrogens with zero attached hydrogens (tertiary/aromatic N) is 4. The molecule has 3 saturated carbocycles. The molecule has 1 unspecified atom stereocenters. The Bertz CT molecular complexity index is 1220. The molecule has 1 atom stereocenters. The fourth-order valence-corrected chi connectivity index (χ4v) is 5.97. The van der Waals surface area contributed by atoms with Gasteiger partial charge in [0.1, 0.15) is 11.6 Å².